The van der Waals surface area contributed by atoms with Crippen molar-refractivity contribution in [3.05, 3.63) is 39.8 Å². The number of aliphatic hydroxyl groups excluding tert-OH is 1. The number of nitrogen functional groups attached to an aromatic ring is 1. The van der Waals surface area contributed by atoms with Gasteiger partial charge in [-0.2, -0.15) is 9.97 Å². The van der Waals surface area contributed by atoms with Gasteiger partial charge in [-0.3, -0.25) is 9.47 Å². The Bertz CT molecular complexity index is 1190. The number of β-amino-alcohol motifs (C(OH)–C–C–N with tert-alkyl or cyclic N) is 1. The maximum absolute atomic E-state index is 12.6. The number of ether oxygens (including phenoxy) is 3. The summed E-state index contributed by atoms with van der Waals surface area (Å²) in [7, 11) is 1.59. The van der Waals surface area contributed by atoms with Gasteiger partial charge in [0, 0.05) is 38.3 Å². The number of anilines is 1. The van der Waals surface area contributed by atoms with E-state index in [1.165, 1.54) is 4.57 Å². The van der Waals surface area contributed by atoms with E-state index in [4.69, 9.17) is 19.9 Å². The molecule has 1 atom stereocenters. The maximum atomic E-state index is 12.6. The second kappa shape index (κ2) is 11.5. The highest BCUT2D eigenvalue weighted by Gasteiger charge is 2.17. The first-order valence-corrected chi connectivity index (χ1v) is 11.7. The molecule has 35 heavy (non-hydrogen) atoms. The van der Waals surface area contributed by atoms with Crippen LogP contribution in [0.5, 0.6) is 11.8 Å². The van der Waals surface area contributed by atoms with E-state index in [1.54, 1.807) is 7.11 Å². The number of imidazole rings is 1. The number of aromatic amines is 1. The molecule has 1 fully saturated rings. The predicted octanol–water partition coefficient (Wildman–Crippen LogP) is -0.0599. The fraction of sp³-hybridized carbons (Fsp3) is 0.522. The quantitative estimate of drug-likeness (QED) is 0.289. The third-order valence-corrected chi connectivity index (χ3v) is 5.87. The molecular weight excluding hydrogens is 454 g/mol. The number of aliphatic hydroxyl groups is 1. The Morgan fingerprint density at radius 1 is 1.31 bits per heavy atom. The summed E-state index contributed by atoms with van der Waals surface area (Å²) in [5.41, 5.74) is 8.18. The van der Waals surface area contributed by atoms with Gasteiger partial charge in [0.2, 0.25) is 0 Å². The lowest BCUT2D eigenvalue weighted by atomic mass is 10.1. The van der Waals surface area contributed by atoms with Crippen molar-refractivity contribution >= 4 is 17.0 Å². The molecule has 1 aliphatic heterocycles. The van der Waals surface area contributed by atoms with Crippen LogP contribution in [0.15, 0.2) is 23.0 Å². The normalized spacial score (nSPS) is 15.4. The lowest BCUT2D eigenvalue weighted by molar-refractivity contribution is 0.0149. The van der Waals surface area contributed by atoms with Crippen molar-refractivity contribution in [1.29, 1.82) is 0 Å². The molecule has 0 spiro atoms. The Balaban J connectivity index is 1.43. The number of morpholine rings is 1. The van der Waals surface area contributed by atoms with E-state index in [9.17, 15) is 9.90 Å². The third-order valence-electron chi connectivity index (χ3n) is 5.87. The second-order valence-electron chi connectivity index (χ2n) is 8.38. The van der Waals surface area contributed by atoms with Gasteiger partial charge in [0.1, 0.15) is 11.3 Å². The number of methoxy groups -OCH3 is 1. The molecule has 0 bridgehead atoms. The fourth-order valence-corrected chi connectivity index (χ4v) is 4.10. The summed E-state index contributed by atoms with van der Waals surface area (Å²) >= 11 is 0. The predicted molar refractivity (Wildman–Crippen MR) is 131 cm³/mol. The molecule has 3 heterocycles. The van der Waals surface area contributed by atoms with Crippen LogP contribution in [0.4, 0.5) is 5.82 Å². The molecule has 1 aromatic carbocycles. The van der Waals surface area contributed by atoms with Gasteiger partial charge >= 0.3 is 11.7 Å². The van der Waals surface area contributed by atoms with E-state index in [0.29, 0.717) is 56.4 Å². The number of nitrogens with zero attached hydrogens (tertiary/aromatic N) is 4. The van der Waals surface area contributed by atoms with Crippen LogP contribution in [-0.2, 0) is 17.8 Å². The number of H-pyrrole nitrogens is 1. The number of rotatable bonds is 11. The zero-order valence-electron chi connectivity index (χ0n) is 20.1. The number of hydrogen-bond acceptors (Lipinski definition) is 10. The molecule has 5 N–H and O–H groups in total. The van der Waals surface area contributed by atoms with Gasteiger partial charge in [-0.15, -0.1) is 0 Å². The van der Waals surface area contributed by atoms with Crippen molar-refractivity contribution in [2.24, 2.45) is 0 Å². The Morgan fingerprint density at radius 3 is 2.86 bits per heavy atom. The number of hydrogen-bond donors (Lipinski definition) is 4. The highest BCUT2D eigenvalue weighted by atomic mass is 16.5. The standard InChI is InChI=1S/C23H33N7O5/c1-3-35-22-27-20(24)19-21(28-22)30(23(32)26-19)13-16-5-4-15(10-18(16)33-2)11-25-12-17(31)14-29-6-8-34-9-7-29/h4-5,10,17,25,31H,3,6-9,11-14H2,1-2H3,(H,26,32)(H2,24,27,28). The smallest absolute Gasteiger partial charge is 0.328 e. The van der Waals surface area contributed by atoms with Crippen LogP contribution in [-0.4, -0.2) is 88.7 Å². The second-order valence-corrected chi connectivity index (χ2v) is 8.38. The van der Waals surface area contributed by atoms with Crippen LogP contribution in [0.2, 0.25) is 0 Å². The van der Waals surface area contributed by atoms with Crippen molar-refractivity contribution in [3.8, 4) is 11.8 Å². The van der Waals surface area contributed by atoms with Crippen LogP contribution in [0, 0.1) is 0 Å². The fourth-order valence-electron chi connectivity index (χ4n) is 4.10. The molecule has 4 rings (SSSR count). The average molecular weight is 488 g/mol. The number of nitrogens with one attached hydrogen (secondary N) is 2. The van der Waals surface area contributed by atoms with Crippen molar-refractivity contribution < 1.29 is 19.3 Å². The van der Waals surface area contributed by atoms with Crippen molar-refractivity contribution in [2.75, 3.05) is 58.8 Å². The van der Waals surface area contributed by atoms with E-state index < -0.39 is 6.10 Å². The van der Waals surface area contributed by atoms with Gasteiger partial charge in [0.05, 0.1) is 39.6 Å². The van der Waals surface area contributed by atoms with Gasteiger partial charge in [0.25, 0.3) is 0 Å². The molecule has 1 saturated heterocycles. The maximum Gasteiger partial charge on any atom is 0.328 e. The number of benzene rings is 1. The van der Waals surface area contributed by atoms with Crippen LogP contribution < -0.4 is 26.2 Å². The Kier molecular flexibility index (Phi) is 8.18. The summed E-state index contributed by atoms with van der Waals surface area (Å²) in [4.78, 5) is 26.0. The van der Waals surface area contributed by atoms with Crippen LogP contribution >= 0.6 is 0 Å². The summed E-state index contributed by atoms with van der Waals surface area (Å²) in [5.74, 6) is 0.796. The molecule has 12 heteroatoms. The number of fused-ring (bicyclic) bond motifs is 1. The highest BCUT2D eigenvalue weighted by molar-refractivity contribution is 5.82. The highest BCUT2D eigenvalue weighted by Crippen LogP contribution is 2.24. The van der Waals surface area contributed by atoms with E-state index >= 15 is 0 Å². The Morgan fingerprint density at radius 2 is 2.11 bits per heavy atom. The third kappa shape index (κ3) is 6.09. The molecule has 12 nitrogen and oxygen atoms in total. The minimum absolute atomic E-state index is 0.120. The van der Waals surface area contributed by atoms with Gasteiger partial charge < -0.3 is 35.4 Å². The first-order valence-electron chi connectivity index (χ1n) is 11.7. The van der Waals surface area contributed by atoms with Gasteiger partial charge in [0.15, 0.2) is 11.5 Å². The minimum atomic E-state index is -0.459. The summed E-state index contributed by atoms with van der Waals surface area (Å²) in [6.45, 7) is 7.23. The lowest BCUT2D eigenvalue weighted by Gasteiger charge is -2.28. The molecule has 2 aromatic heterocycles. The first kappa shape index (κ1) is 24.9. The molecule has 0 saturated carbocycles. The van der Waals surface area contributed by atoms with Crippen molar-refractivity contribution in [2.45, 2.75) is 26.1 Å². The molecule has 1 unspecified atom stereocenters. The lowest BCUT2D eigenvalue weighted by Crippen LogP contribution is -2.43. The van der Waals surface area contributed by atoms with Crippen LogP contribution in [0.1, 0.15) is 18.1 Å². The van der Waals surface area contributed by atoms with E-state index in [2.05, 4.69) is 25.2 Å². The minimum Gasteiger partial charge on any atom is -0.496 e. The summed E-state index contributed by atoms with van der Waals surface area (Å²) in [6.07, 6.45) is -0.459. The van der Waals surface area contributed by atoms with Gasteiger partial charge in [-0.05, 0) is 18.6 Å². The van der Waals surface area contributed by atoms with Crippen LogP contribution in [0.25, 0.3) is 11.2 Å². The van der Waals surface area contributed by atoms with E-state index in [-0.39, 0.29) is 24.1 Å². The summed E-state index contributed by atoms with van der Waals surface area (Å²) in [6, 6.07) is 5.92. The van der Waals surface area contributed by atoms with E-state index in [1.807, 2.05) is 25.1 Å². The zero-order valence-corrected chi connectivity index (χ0v) is 20.1. The Hall–Kier alpha value is -3.19. The van der Waals surface area contributed by atoms with Crippen molar-refractivity contribution in [1.82, 2.24) is 29.7 Å². The zero-order chi connectivity index (χ0) is 24.8. The largest absolute Gasteiger partial charge is 0.496 e. The molecular formula is C23H33N7O5. The molecule has 190 valence electrons. The number of aromatic nitrogens is 4. The molecule has 3 aromatic rings. The monoisotopic (exact) mass is 487 g/mol. The topological polar surface area (TPSA) is 153 Å². The molecule has 1 aliphatic rings. The van der Waals surface area contributed by atoms with Crippen LogP contribution in [0.3, 0.4) is 0 Å². The summed E-state index contributed by atoms with van der Waals surface area (Å²) < 4.78 is 17.8. The number of nitrogens with two attached hydrogens (primary N) is 1. The van der Waals surface area contributed by atoms with Gasteiger partial charge in [-0.1, -0.05) is 12.1 Å². The molecule has 0 aliphatic carbocycles. The van der Waals surface area contributed by atoms with E-state index in [0.717, 1.165) is 24.2 Å². The first-order chi connectivity index (χ1) is 17.0. The van der Waals surface area contributed by atoms with Gasteiger partial charge in [-0.25, -0.2) is 4.79 Å². The van der Waals surface area contributed by atoms with Crippen molar-refractivity contribution in [3.63, 3.8) is 0 Å². The summed E-state index contributed by atoms with van der Waals surface area (Å²) in [5, 5.41) is 13.6. The SMILES string of the molecule is CCOc1nc(N)c2[nH]c(=O)n(Cc3ccc(CNCC(O)CN4CCOCC4)cc3OC)c2n1. The molecule has 0 amide bonds. The average Bonchev–Trinajstić information content (AvgIpc) is 3.16. The Labute approximate surface area is 203 Å². The molecule has 0 radical (unpaired) electrons.